The highest BCUT2D eigenvalue weighted by atomic mass is 16.5. The number of fused-ring (bicyclic) bond motifs is 4. The van der Waals surface area contributed by atoms with Crippen molar-refractivity contribution in [2.24, 2.45) is 0 Å². The summed E-state index contributed by atoms with van der Waals surface area (Å²) in [6, 6.07) is 109. The zero-order valence-electron chi connectivity index (χ0n) is 44.0. The summed E-state index contributed by atoms with van der Waals surface area (Å²) in [6.07, 6.45) is 0. The number of hydrogen-bond donors (Lipinski definition) is 0. The Balaban J connectivity index is 0.908. The van der Waals surface area contributed by atoms with Gasteiger partial charge in [-0.25, -0.2) is 0 Å². The van der Waals surface area contributed by atoms with E-state index in [0.29, 0.717) is 0 Å². The fourth-order valence-electron chi connectivity index (χ4n) is 13.0. The van der Waals surface area contributed by atoms with Gasteiger partial charge in [0.25, 0.3) is 0 Å². The van der Waals surface area contributed by atoms with E-state index in [1.54, 1.807) is 0 Å². The molecule has 0 saturated carbocycles. The third kappa shape index (κ3) is 7.34. The lowest BCUT2D eigenvalue weighted by Crippen LogP contribution is -2.29. The number of rotatable bonds is 10. The summed E-state index contributed by atoms with van der Waals surface area (Å²) in [4.78, 5) is 9.37. The Labute approximate surface area is 470 Å². The normalized spacial score (nSPS) is 13.2. The van der Waals surface area contributed by atoms with Gasteiger partial charge in [-0.3, -0.25) is 0 Å². The first-order valence-corrected chi connectivity index (χ1v) is 27.6. The summed E-state index contributed by atoms with van der Waals surface area (Å²) >= 11 is 0. The van der Waals surface area contributed by atoms with Gasteiger partial charge in [-0.2, -0.15) is 0 Å². The van der Waals surface area contributed by atoms with Crippen molar-refractivity contribution in [2.75, 3.05) is 19.6 Å². The highest BCUT2D eigenvalue weighted by molar-refractivity contribution is 6.18. The van der Waals surface area contributed by atoms with Crippen LogP contribution in [0.3, 0.4) is 0 Å². The van der Waals surface area contributed by atoms with Crippen molar-refractivity contribution in [1.29, 1.82) is 0 Å². The van der Waals surface area contributed by atoms with E-state index >= 15 is 0 Å². The molecule has 2 aliphatic heterocycles. The van der Waals surface area contributed by atoms with Crippen molar-refractivity contribution in [1.82, 2.24) is 0 Å². The molecular weight excluding hydrogens is 989 g/mol. The standard InChI is InChI=1S/C75H50N4O2/c1-7-23-53(24-8-1)75(54-25-9-2-10-26-54)63-47-61(76(55-27-11-3-12-28-55)59-41-43-67-71(49-59)80-69-37-21-19-35-65(69)78(67)57-31-15-5-16-32-57)45-51-39-40-52-46-62(48-64(75)74(52)73(51)63)77(56-29-13-4-14-30-56)60-42-44-68-72(50-60)81-70-38-22-20-36-66(70)79(68)58-33-17-6-18-34-58/h1-50H. The fraction of sp³-hybridized carbons (Fsp3) is 0.0133. The molecule has 0 N–H and O–H groups in total. The molecule has 6 heteroatoms. The molecule has 0 radical (unpaired) electrons. The van der Waals surface area contributed by atoms with Crippen LogP contribution in [0.25, 0.3) is 21.5 Å². The molecule has 0 atom stereocenters. The number of nitrogens with zero attached hydrogens (tertiary/aromatic N) is 4. The van der Waals surface area contributed by atoms with Crippen molar-refractivity contribution in [3.63, 3.8) is 0 Å². The van der Waals surface area contributed by atoms with Gasteiger partial charge in [0.1, 0.15) is 0 Å². The molecule has 3 aliphatic rings. The van der Waals surface area contributed by atoms with Gasteiger partial charge in [0, 0.05) is 57.6 Å². The van der Waals surface area contributed by atoms with Crippen LogP contribution in [0.1, 0.15) is 22.3 Å². The van der Waals surface area contributed by atoms with Gasteiger partial charge in [-0.15, -0.1) is 0 Å². The summed E-state index contributed by atoms with van der Waals surface area (Å²) < 4.78 is 13.8. The molecule has 0 spiro atoms. The van der Waals surface area contributed by atoms with Crippen LogP contribution in [-0.4, -0.2) is 0 Å². The van der Waals surface area contributed by atoms with Gasteiger partial charge in [0.05, 0.1) is 28.2 Å². The van der Waals surface area contributed by atoms with E-state index in [-0.39, 0.29) is 0 Å². The Bertz CT molecular complexity index is 4250. The van der Waals surface area contributed by atoms with E-state index in [9.17, 15) is 0 Å². The largest absolute Gasteiger partial charge is 0.453 e. The van der Waals surface area contributed by atoms with Crippen LogP contribution in [0.2, 0.25) is 0 Å². The quantitative estimate of drug-likeness (QED) is 0.127. The van der Waals surface area contributed by atoms with Crippen LogP contribution >= 0.6 is 0 Å². The third-order valence-electron chi connectivity index (χ3n) is 16.3. The first-order chi connectivity index (χ1) is 40.2. The van der Waals surface area contributed by atoms with Crippen LogP contribution in [-0.2, 0) is 5.41 Å². The van der Waals surface area contributed by atoms with Crippen LogP contribution < -0.4 is 29.1 Å². The minimum absolute atomic E-state index is 0.753. The number of ether oxygens (including phenoxy) is 2. The molecule has 0 unspecified atom stereocenters. The molecule has 0 fully saturated rings. The van der Waals surface area contributed by atoms with Crippen molar-refractivity contribution >= 4 is 89.8 Å². The van der Waals surface area contributed by atoms with E-state index in [2.05, 4.69) is 311 Å². The number of anilines is 12. The van der Waals surface area contributed by atoms with Crippen LogP contribution in [0.5, 0.6) is 23.0 Å². The highest BCUT2D eigenvalue weighted by Crippen LogP contribution is 2.60. The lowest BCUT2D eigenvalue weighted by Gasteiger charge is -2.36. The van der Waals surface area contributed by atoms with E-state index in [0.717, 1.165) is 102 Å². The van der Waals surface area contributed by atoms with Gasteiger partial charge in [-0.1, -0.05) is 170 Å². The fourth-order valence-corrected chi connectivity index (χ4v) is 13.0. The Hall–Kier alpha value is -10.8. The van der Waals surface area contributed by atoms with Crippen molar-refractivity contribution in [3.8, 4) is 23.0 Å². The second-order valence-corrected chi connectivity index (χ2v) is 20.9. The summed E-state index contributed by atoms with van der Waals surface area (Å²) in [5, 5.41) is 4.81. The van der Waals surface area contributed by atoms with Crippen LogP contribution in [0, 0.1) is 0 Å². The molecule has 6 nitrogen and oxygen atoms in total. The summed E-state index contributed by atoms with van der Waals surface area (Å²) in [6.45, 7) is 0. The minimum Gasteiger partial charge on any atom is -0.453 e. The zero-order valence-corrected chi connectivity index (χ0v) is 44.0. The Morgan fingerprint density at radius 2 is 0.605 bits per heavy atom. The SMILES string of the molecule is c1ccc(N(c2ccc3c(c2)Oc2ccccc2N3c2ccccc2)c2cc3c4c(ccc5cc(N(c6ccccc6)c6ccc7c(c6)Oc6ccccc6N7c6ccccc6)cc(c54)C3(c3ccccc3)c3ccccc3)c2)cc1. The molecule has 13 aromatic rings. The van der Waals surface area contributed by atoms with Crippen molar-refractivity contribution in [2.45, 2.75) is 5.41 Å². The summed E-state index contributed by atoms with van der Waals surface area (Å²) in [7, 11) is 0. The van der Waals surface area contributed by atoms with E-state index in [1.165, 1.54) is 33.0 Å². The summed E-state index contributed by atoms with van der Waals surface area (Å²) in [5.41, 5.74) is 16.2. The smallest absolute Gasteiger partial charge is 0.153 e. The van der Waals surface area contributed by atoms with Crippen molar-refractivity contribution in [3.05, 3.63) is 326 Å². The number of para-hydroxylation sites is 8. The van der Waals surface area contributed by atoms with Gasteiger partial charge >= 0.3 is 0 Å². The first kappa shape index (κ1) is 46.3. The van der Waals surface area contributed by atoms with Gasteiger partial charge in [0.15, 0.2) is 23.0 Å². The Morgan fingerprint density at radius 3 is 1.01 bits per heavy atom. The third-order valence-corrected chi connectivity index (χ3v) is 16.3. The van der Waals surface area contributed by atoms with E-state index in [4.69, 9.17) is 9.47 Å². The molecule has 13 aromatic carbocycles. The van der Waals surface area contributed by atoms with Crippen molar-refractivity contribution < 1.29 is 9.47 Å². The van der Waals surface area contributed by atoms with Gasteiger partial charge < -0.3 is 29.1 Å². The van der Waals surface area contributed by atoms with Gasteiger partial charge in [-0.05, 0) is 165 Å². The topological polar surface area (TPSA) is 31.4 Å². The Morgan fingerprint density at radius 1 is 0.259 bits per heavy atom. The van der Waals surface area contributed by atoms with Gasteiger partial charge in [0.2, 0.25) is 0 Å². The maximum absolute atomic E-state index is 6.88. The van der Waals surface area contributed by atoms with Crippen LogP contribution in [0.15, 0.2) is 303 Å². The Kier molecular flexibility index (Phi) is 10.7. The molecule has 0 bridgehead atoms. The maximum Gasteiger partial charge on any atom is 0.153 e. The average molecular weight is 1040 g/mol. The molecule has 81 heavy (non-hydrogen) atoms. The molecule has 16 rings (SSSR count). The molecule has 2 heterocycles. The predicted octanol–water partition coefficient (Wildman–Crippen LogP) is 20.8. The first-order valence-electron chi connectivity index (χ1n) is 27.6. The molecule has 0 saturated heterocycles. The zero-order chi connectivity index (χ0) is 53.4. The molecular formula is C75H50N4O2. The average Bonchev–Trinajstić information content (AvgIpc) is 3.73. The molecule has 1 aliphatic carbocycles. The molecule has 0 amide bonds. The summed E-state index contributed by atoms with van der Waals surface area (Å²) in [5.74, 6) is 3.16. The van der Waals surface area contributed by atoms with E-state index in [1.807, 2.05) is 12.1 Å². The molecule has 382 valence electrons. The monoisotopic (exact) mass is 1040 g/mol. The lowest BCUT2D eigenvalue weighted by atomic mass is 9.67. The van der Waals surface area contributed by atoms with E-state index < -0.39 is 5.41 Å². The number of hydrogen-bond acceptors (Lipinski definition) is 6. The minimum atomic E-state index is -0.753. The molecule has 0 aromatic heterocycles. The second kappa shape index (κ2) is 18.7. The maximum atomic E-state index is 6.88. The number of benzene rings is 13. The lowest BCUT2D eigenvalue weighted by molar-refractivity contribution is 0.477. The van der Waals surface area contributed by atoms with Crippen LogP contribution in [0.4, 0.5) is 68.2 Å². The predicted molar refractivity (Wildman–Crippen MR) is 332 cm³/mol. The second-order valence-electron chi connectivity index (χ2n) is 20.9. The highest BCUT2D eigenvalue weighted by Gasteiger charge is 2.46.